The van der Waals surface area contributed by atoms with Gasteiger partial charge in [-0.25, -0.2) is 4.98 Å². The molecule has 7 nitrogen and oxygen atoms in total. The first kappa shape index (κ1) is 24.2. The van der Waals surface area contributed by atoms with Gasteiger partial charge in [0.25, 0.3) is 5.91 Å². The van der Waals surface area contributed by atoms with Crippen molar-refractivity contribution in [1.82, 2.24) is 30.0 Å². The summed E-state index contributed by atoms with van der Waals surface area (Å²) in [5, 5.41) is 15.8. The number of nitrogens with one attached hydrogen (secondary N) is 1. The Morgan fingerprint density at radius 2 is 1.83 bits per heavy atom. The van der Waals surface area contributed by atoms with E-state index in [9.17, 15) is 4.79 Å². The van der Waals surface area contributed by atoms with E-state index in [2.05, 4.69) is 37.6 Å². The number of hydrogen-bond donors (Lipinski definition) is 1. The number of carbonyl (C=O) groups is 1. The van der Waals surface area contributed by atoms with Crippen LogP contribution in [0.25, 0.3) is 17.1 Å². The van der Waals surface area contributed by atoms with Gasteiger partial charge >= 0.3 is 0 Å². The summed E-state index contributed by atoms with van der Waals surface area (Å²) in [6, 6.07) is 19.5. The Morgan fingerprint density at radius 3 is 2.61 bits per heavy atom. The number of aryl methyl sites for hydroxylation is 1. The molecule has 0 saturated heterocycles. The van der Waals surface area contributed by atoms with Crippen LogP contribution in [0, 0.1) is 6.92 Å². The minimum absolute atomic E-state index is 0.205. The first-order chi connectivity index (χ1) is 17.6. The van der Waals surface area contributed by atoms with Gasteiger partial charge in [0.2, 0.25) is 0 Å². The number of thioether (sulfide) groups is 1. The van der Waals surface area contributed by atoms with Crippen LogP contribution in [-0.2, 0) is 12.3 Å². The van der Waals surface area contributed by atoms with Crippen LogP contribution in [0.2, 0.25) is 5.02 Å². The molecule has 3 heterocycles. The summed E-state index contributed by atoms with van der Waals surface area (Å²) >= 11 is 9.44. The lowest BCUT2D eigenvalue weighted by Gasteiger charge is -2.11. The number of benzene rings is 2. The van der Waals surface area contributed by atoms with Gasteiger partial charge in [0.1, 0.15) is 10.7 Å². The van der Waals surface area contributed by atoms with Crippen molar-refractivity contribution in [2.45, 2.75) is 24.4 Å². The second kappa shape index (κ2) is 11.0. The summed E-state index contributed by atoms with van der Waals surface area (Å²) < 4.78 is 2.00. The minimum Gasteiger partial charge on any atom is -0.347 e. The molecule has 0 radical (unpaired) electrons. The Balaban J connectivity index is 1.34. The van der Waals surface area contributed by atoms with Crippen molar-refractivity contribution in [2.75, 3.05) is 0 Å². The zero-order chi connectivity index (χ0) is 24.9. The molecule has 5 aromatic rings. The van der Waals surface area contributed by atoms with Crippen LogP contribution in [0.5, 0.6) is 0 Å². The van der Waals surface area contributed by atoms with E-state index < -0.39 is 0 Å². The molecule has 1 amide bonds. The van der Waals surface area contributed by atoms with E-state index in [0.717, 1.165) is 27.4 Å². The Kier molecular flexibility index (Phi) is 7.41. The van der Waals surface area contributed by atoms with E-state index in [0.29, 0.717) is 34.0 Å². The third kappa shape index (κ3) is 5.48. The van der Waals surface area contributed by atoms with Crippen LogP contribution in [0.3, 0.4) is 0 Å². The predicted molar refractivity (Wildman–Crippen MR) is 144 cm³/mol. The molecule has 36 heavy (non-hydrogen) atoms. The fourth-order valence-electron chi connectivity index (χ4n) is 3.49. The first-order valence-electron chi connectivity index (χ1n) is 11.1. The lowest BCUT2D eigenvalue weighted by atomic mass is 10.2. The number of nitrogens with zero attached hydrogens (tertiary/aromatic N) is 5. The molecule has 0 aliphatic heterocycles. The summed E-state index contributed by atoms with van der Waals surface area (Å²) in [7, 11) is 0. The molecule has 180 valence electrons. The zero-order valence-corrected chi connectivity index (χ0v) is 21.6. The molecule has 0 bridgehead atoms. The van der Waals surface area contributed by atoms with Gasteiger partial charge in [0.15, 0.2) is 11.0 Å². The third-order valence-corrected chi connectivity index (χ3v) is 7.65. The molecular formula is C26H21ClN6OS2. The topological polar surface area (TPSA) is 85.6 Å². The van der Waals surface area contributed by atoms with Crippen molar-refractivity contribution >= 4 is 40.6 Å². The second-order valence-corrected chi connectivity index (χ2v) is 10.2. The summed E-state index contributed by atoms with van der Waals surface area (Å²) in [6.07, 6.45) is 3.40. The summed E-state index contributed by atoms with van der Waals surface area (Å²) in [5.41, 5.74) is 4.30. The van der Waals surface area contributed by atoms with Crippen molar-refractivity contribution in [2.24, 2.45) is 0 Å². The summed E-state index contributed by atoms with van der Waals surface area (Å²) in [4.78, 5) is 21.0. The Hall–Kier alpha value is -3.53. The Labute approximate surface area is 221 Å². The number of aromatic nitrogens is 5. The largest absolute Gasteiger partial charge is 0.347 e. The van der Waals surface area contributed by atoms with Crippen LogP contribution in [0.1, 0.15) is 26.6 Å². The number of rotatable bonds is 8. The van der Waals surface area contributed by atoms with E-state index in [4.69, 9.17) is 11.6 Å². The van der Waals surface area contributed by atoms with Crippen molar-refractivity contribution in [3.63, 3.8) is 0 Å². The lowest BCUT2D eigenvalue weighted by Crippen LogP contribution is -2.23. The van der Waals surface area contributed by atoms with Crippen LogP contribution >= 0.6 is 34.7 Å². The molecule has 0 fully saturated rings. The standard InChI is InChI=1S/C26H21ClN6OS2/c1-17-6-8-19(9-7-17)33-24(20-4-2-3-5-21(20)27)31-32-26(33)36-16-23-30-22(15-35-23)25(34)29-14-18-10-12-28-13-11-18/h2-13,15H,14,16H2,1H3,(H,29,34). The molecule has 0 aliphatic rings. The van der Waals surface area contributed by atoms with Gasteiger partial charge < -0.3 is 5.32 Å². The number of pyridine rings is 1. The van der Waals surface area contributed by atoms with Crippen molar-refractivity contribution in [1.29, 1.82) is 0 Å². The minimum atomic E-state index is -0.205. The van der Waals surface area contributed by atoms with E-state index >= 15 is 0 Å². The molecule has 0 saturated carbocycles. The molecule has 0 aliphatic carbocycles. The number of carbonyl (C=O) groups excluding carboxylic acids is 1. The molecule has 0 atom stereocenters. The van der Waals surface area contributed by atoms with Gasteiger partial charge in [-0.3, -0.25) is 14.3 Å². The number of thiazole rings is 1. The van der Waals surface area contributed by atoms with Gasteiger partial charge in [-0.15, -0.1) is 21.5 Å². The summed E-state index contributed by atoms with van der Waals surface area (Å²) in [5.74, 6) is 1.01. The highest BCUT2D eigenvalue weighted by molar-refractivity contribution is 7.98. The number of halogens is 1. The number of amides is 1. The number of hydrogen-bond acceptors (Lipinski definition) is 7. The van der Waals surface area contributed by atoms with Gasteiger partial charge in [0.05, 0.1) is 10.8 Å². The first-order valence-corrected chi connectivity index (χ1v) is 13.3. The van der Waals surface area contributed by atoms with Gasteiger partial charge in [0, 0.05) is 35.6 Å². The zero-order valence-electron chi connectivity index (χ0n) is 19.3. The highest BCUT2D eigenvalue weighted by atomic mass is 35.5. The maximum absolute atomic E-state index is 12.5. The molecule has 0 spiro atoms. The highest BCUT2D eigenvalue weighted by Crippen LogP contribution is 2.33. The average Bonchev–Trinajstić information content (AvgIpc) is 3.55. The van der Waals surface area contributed by atoms with E-state index in [1.165, 1.54) is 23.1 Å². The maximum Gasteiger partial charge on any atom is 0.271 e. The quantitative estimate of drug-likeness (QED) is 0.248. The van der Waals surface area contributed by atoms with Gasteiger partial charge in [-0.2, -0.15) is 0 Å². The molecule has 2 aromatic carbocycles. The maximum atomic E-state index is 12.5. The average molecular weight is 533 g/mol. The molecule has 1 N–H and O–H groups in total. The Bertz CT molecular complexity index is 1480. The van der Waals surface area contributed by atoms with E-state index in [1.54, 1.807) is 17.8 Å². The monoisotopic (exact) mass is 532 g/mol. The molecule has 5 rings (SSSR count). The molecular weight excluding hydrogens is 512 g/mol. The fraction of sp³-hybridized carbons (Fsp3) is 0.115. The van der Waals surface area contributed by atoms with Gasteiger partial charge in [-0.1, -0.05) is 53.2 Å². The van der Waals surface area contributed by atoms with Crippen LogP contribution < -0.4 is 5.32 Å². The van der Waals surface area contributed by atoms with Crippen molar-refractivity contribution < 1.29 is 4.79 Å². The van der Waals surface area contributed by atoms with Crippen molar-refractivity contribution in [3.05, 3.63) is 105 Å². The Morgan fingerprint density at radius 1 is 1.06 bits per heavy atom. The third-order valence-electron chi connectivity index (χ3n) is 5.35. The normalized spacial score (nSPS) is 10.9. The summed E-state index contributed by atoms with van der Waals surface area (Å²) in [6.45, 7) is 2.47. The second-order valence-electron chi connectivity index (χ2n) is 7.91. The highest BCUT2D eigenvalue weighted by Gasteiger charge is 2.19. The van der Waals surface area contributed by atoms with E-state index in [1.807, 2.05) is 60.0 Å². The lowest BCUT2D eigenvalue weighted by molar-refractivity contribution is 0.0946. The van der Waals surface area contributed by atoms with Crippen LogP contribution in [0.4, 0.5) is 0 Å². The smallest absolute Gasteiger partial charge is 0.271 e. The van der Waals surface area contributed by atoms with Crippen LogP contribution in [0.15, 0.2) is 83.6 Å². The SMILES string of the molecule is Cc1ccc(-n2c(SCc3nc(C(=O)NCc4ccncc4)cs3)nnc2-c2ccccc2Cl)cc1. The molecule has 3 aromatic heterocycles. The van der Waals surface area contributed by atoms with Gasteiger partial charge in [-0.05, 0) is 48.9 Å². The van der Waals surface area contributed by atoms with Crippen LogP contribution in [-0.4, -0.2) is 30.6 Å². The molecule has 10 heteroatoms. The fourth-order valence-corrected chi connectivity index (χ4v) is 5.45. The van der Waals surface area contributed by atoms with Crippen molar-refractivity contribution in [3.8, 4) is 17.1 Å². The molecule has 0 unspecified atom stereocenters. The predicted octanol–water partition coefficient (Wildman–Crippen LogP) is 5.97. The van der Waals surface area contributed by atoms with E-state index in [-0.39, 0.29) is 5.91 Å².